The van der Waals surface area contributed by atoms with Gasteiger partial charge in [-0.1, -0.05) is 6.92 Å². The molecule has 5 heteroatoms. The van der Waals surface area contributed by atoms with Crippen LogP contribution in [-0.4, -0.2) is 23.1 Å². The number of rotatable bonds is 5. The zero-order valence-corrected chi connectivity index (χ0v) is 9.62. The molecule has 0 aromatic carbocycles. The van der Waals surface area contributed by atoms with Crippen molar-refractivity contribution in [3.05, 3.63) is 11.9 Å². The Morgan fingerprint density at radius 2 is 1.93 bits per heavy atom. The molecule has 5 nitrogen and oxygen atoms in total. The summed E-state index contributed by atoms with van der Waals surface area (Å²) in [6, 6.07) is 0. The monoisotopic (exact) mass is 209 g/mol. The Morgan fingerprint density at radius 1 is 1.27 bits per heavy atom. The molecule has 1 rings (SSSR count). The maximum Gasteiger partial charge on any atom is 0.148 e. The minimum Gasteiger partial charge on any atom is -0.357 e. The van der Waals surface area contributed by atoms with Crippen molar-refractivity contribution in [2.45, 2.75) is 27.2 Å². The molecule has 0 bridgehead atoms. The van der Waals surface area contributed by atoms with Gasteiger partial charge in [-0.05, 0) is 20.3 Å². The topological polar surface area (TPSA) is 67.1 Å². The van der Waals surface area contributed by atoms with Gasteiger partial charge in [0.1, 0.15) is 18.0 Å². The molecule has 1 heterocycles. The first-order valence-electron chi connectivity index (χ1n) is 5.33. The maximum atomic E-state index is 5.42. The fourth-order valence-corrected chi connectivity index (χ4v) is 1.65. The lowest BCUT2D eigenvalue weighted by Gasteiger charge is -2.23. The first-order valence-corrected chi connectivity index (χ1v) is 5.33. The number of aromatic nitrogens is 2. The summed E-state index contributed by atoms with van der Waals surface area (Å²) < 4.78 is 0. The number of hydrogen-bond donors (Lipinski definition) is 2. The van der Waals surface area contributed by atoms with E-state index in [1.807, 2.05) is 0 Å². The van der Waals surface area contributed by atoms with E-state index in [4.69, 9.17) is 5.84 Å². The fraction of sp³-hybridized carbons (Fsp3) is 0.600. The lowest BCUT2D eigenvalue weighted by molar-refractivity contribution is 0.827. The molecule has 0 aliphatic carbocycles. The number of nitrogens with two attached hydrogens (primary N) is 1. The normalized spacial score (nSPS) is 10.1. The highest BCUT2D eigenvalue weighted by atomic mass is 15.3. The first kappa shape index (κ1) is 11.7. The summed E-state index contributed by atoms with van der Waals surface area (Å²) in [7, 11) is 0. The third kappa shape index (κ3) is 2.36. The molecule has 0 aliphatic heterocycles. The molecule has 0 saturated carbocycles. The number of hydrogen-bond acceptors (Lipinski definition) is 5. The van der Waals surface area contributed by atoms with Crippen LogP contribution >= 0.6 is 0 Å². The molecule has 1 aromatic rings. The quantitative estimate of drug-likeness (QED) is 0.563. The number of anilines is 2. The predicted molar refractivity (Wildman–Crippen MR) is 62.8 cm³/mol. The van der Waals surface area contributed by atoms with Crippen molar-refractivity contribution >= 4 is 11.6 Å². The van der Waals surface area contributed by atoms with Gasteiger partial charge in [-0.15, -0.1) is 0 Å². The van der Waals surface area contributed by atoms with Crippen molar-refractivity contribution < 1.29 is 0 Å². The van der Waals surface area contributed by atoms with Gasteiger partial charge in [0.05, 0.1) is 0 Å². The van der Waals surface area contributed by atoms with Crippen LogP contribution in [0.2, 0.25) is 0 Å². The van der Waals surface area contributed by atoms with Crippen molar-refractivity contribution in [3.63, 3.8) is 0 Å². The second-order valence-electron chi connectivity index (χ2n) is 3.19. The van der Waals surface area contributed by atoms with Crippen molar-refractivity contribution in [2.24, 2.45) is 5.84 Å². The van der Waals surface area contributed by atoms with Crippen molar-refractivity contribution in [1.29, 1.82) is 0 Å². The number of nitrogen functional groups attached to an aromatic ring is 1. The van der Waals surface area contributed by atoms with Gasteiger partial charge in [-0.3, -0.25) is 0 Å². The van der Waals surface area contributed by atoms with E-state index in [1.54, 1.807) is 6.33 Å². The molecule has 15 heavy (non-hydrogen) atoms. The minimum absolute atomic E-state index is 0.717. The largest absolute Gasteiger partial charge is 0.357 e. The molecular formula is C10H19N5. The van der Waals surface area contributed by atoms with Crippen molar-refractivity contribution in [2.75, 3.05) is 23.4 Å². The molecule has 0 amide bonds. The third-order valence-corrected chi connectivity index (χ3v) is 2.48. The molecule has 0 fully saturated rings. The zero-order chi connectivity index (χ0) is 11.3. The summed E-state index contributed by atoms with van der Waals surface area (Å²) in [5.41, 5.74) is 3.69. The van der Waals surface area contributed by atoms with Crippen LogP contribution in [0.3, 0.4) is 0 Å². The van der Waals surface area contributed by atoms with E-state index in [0.717, 1.165) is 36.7 Å². The predicted octanol–water partition coefficient (Wildman–Crippen LogP) is 1.17. The Hall–Kier alpha value is -1.36. The van der Waals surface area contributed by atoms with E-state index in [9.17, 15) is 0 Å². The molecule has 84 valence electrons. The standard InChI is InChI=1S/C10H19N5/c1-4-8-9(14-11)12-7-13-10(8)15(5-2)6-3/h7H,4-6,11H2,1-3H3,(H,12,13,14). The highest BCUT2D eigenvalue weighted by Crippen LogP contribution is 2.22. The Kier molecular flexibility index (Phi) is 4.30. The van der Waals surface area contributed by atoms with Crippen LogP contribution in [0.25, 0.3) is 0 Å². The molecule has 0 aliphatic rings. The Balaban J connectivity index is 3.15. The van der Waals surface area contributed by atoms with E-state index >= 15 is 0 Å². The highest BCUT2D eigenvalue weighted by Gasteiger charge is 2.12. The van der Waals surface area contributed by atoms with Gasteiger partial charge in [0.15, 0.2) is 0 Å². The summed E-state index contributed by atoms with van der Waals surface area (Å²) in [4.78, 5) is 10.6. The van der Waals surface area contributed by atoms with Crippen LogP contribution in [0.15, 0.2) is 6.33 Å². The Labute approximate surface area is 90.7 Å². The molecule has 0 atom stereocenters. The zero-order valence-electron chi connectivity index (χ0n) is 9.62. The van der Waals surface area contributed by atoms with Gasteiger partial charge in [-0.2, -0.15) is 0 Å². The van der Waals surface area contributed by atoms with Gasteiger partial charge >= 0.3 is 0 Å². The van der Waals surface area contributed by atoms with Crippen molar-refractivity contribution in [3.8, 4) is 0 Å². The van der Waals surface area contributed by atoms with Crippen molar-refractivity contribution in [1.82, 2.24) is 9.97 Å². The Bertz CT molecular complexity index is 309. The molecule has 0 radical (unpaired) electrons. The fourth-order valence-electron chi connectivity index (χ4n) is 1.65. The Morgan fingerprint density at radius 3 is 2.40 bits per heavy atom. The summed E-state index contributed by atoms with van der Waals surface area (Å²) in [5.74, 6) is 7.11. The number of nitrogens with zero attached hydrogens (tertiary/aromatic N) is 3. The second kappa shape index (κ2) is 5.50. The van der Waals surface area contributed by atoms with Gasteiger partial charge in [0, 0.05) is 18.7 Å². The van der Waals surface area contributed by atoms with Crippen LogP contribution < -0.4 is 16.2 Å². The number of hydrazine groups is 1. The van der Waals surface area contributed by atoms with E-state index in [2.05, 4.69) is 41.1 Å². The van der Waals surface area contributed by atoms with E-state index in [-0.39, 0.29) is 0 Å². The molecule has 1 aromatic heterocycles. The van der Waals surface area contributed by atoms with E-state index in [1.165, 1.54) is 0 Å². The van der Waals surface area contributed by atoms with E-state index < -0.39 is 0 Å². The van der Waals surface area contributed by atoms with Crippen LogP contribution in [-0.2, 0) is 6.42 Å². The minimum atomic E-state index is 0.717. The van der Waals surface area contributed by atoms with Gasteiger partial charge in [0.25, 0.3) is 0 Å². The molecular weight excluding hydrogens is 190 g/mol. The van der Waals surface area contributed by atoms with Gasteiger partial charge in [0.2, 0.25) is 0 Å². The summed E-state index contributed by atoms with van der Waals surface area (Å²) in [6.07, 6.45) is 2.41. The summed E-state index contributed by atoms with van der Waals surface area (Å²) >= 11 is 0. The van der Waals surface area contributed by atoms with E-state index in [0.29, 0.717) is 0 Å². The molecule has 3 N–H and O–H groups in total. The second-order valence-corrected chi connectivity index (χ2v) is 3.19. The smallest absolute Gasteiger partial charge is 0.148 e. The lowest BCUT2D eigenvalue weighted by atomic mass is 10.2. The van der Waals surface area contributed by atoms with Gasteiger partial charge < -0.3 is 10.3 Å². The summed E-state index contributed by atoms with van der Waals surface area (Å²) in [5, 5.41) is 0. The highest BCUT2D eigenvalue weighted by molar-refractivity contribution is 5.58. The molecule has 0 unspecified atom stereocenters. The molecule has 0 spiro atoms. The van der Waals surface area contributed by atoms with Gasteiger partial charge in [-0.25, -0.2) is 15.8 Å². The third-order valence-electron chi connectivity index (χ3n) is 2.48. The molecule has 0 saturated heterocycles. The van der Waals surface area contributed by atoms with Crippen LogP contribution in [0.5, 0.6) is 0 Å². The average Bonchev–Trinajstić information content (AvgIpc) is 2.30. The number of nitrogens with one attached hydrogen (secondary N) is 1. The maximum absolute atomic E-state index is 5.42. The van der Waals surface area contributed by atoms with Crippen LogP contribution in [0.4, 0.5) is 11.6 Å². The summed E-state index contributed by atoms with van der Waals surface area (Å²) in [6.45, 7) is 8.17. The first-order chi connectivity index (χ1) is 7.28. The van der Waals surface area contributed by atoms with Crippen LogP contribution in [0.1, 0.15) is 26.3 Å². The SMILES string of the molecule is CCc1c(NN)ncnc1N(CC)CC. The lowest BCUT2D eigenvalue weighted by Crippen LogP contribution is -2.25. The van der Waals surface area contributed by atoms with Crippen LogP contribution in [0, 0.1) is 0 Å². The average molecular weight is 209 g/mol.